The normalized spacial score (nSPS) is 34.8. The first kappa shape index (κ1) is 25.0. The molecular weight excluding hydrogens is 484 g/mol. The minimum atomic E-state index is -1.34. The highest BCUT2D eigenvalue weighted by Crippen LogP contribution is 2.58. The van der Waals surface area contributed by atoms with Gasteiger partial charge in [0, 0.05) is 30.4 Å². The van der Waals surface area contributed by atoms with Gasteiger partial charge in [0.2, 0.25) is 5.91 Å². The van der Waals surface area contributed by atoms with Crippen LogP contribution < -0.4 is 4.90 Å². The predicted octanol–water partition coefficient (Wildman–Crippen LogP) is 2.88. The Kier molecular flexibility index (Phi) is 6.70. The quantitative estimate of drug-likeness (QED) is 0.479. The molecule has 1 spiro atoms. The summed E-state index contributed by atoms with van der Waals surface area (Å²) in [5.41, 5.74) is -1.76. The largest absolute Gasteiger partial charge is 0.465 e. The third-order valence-corrected chi connectivity index (χ3v) is 8.08. The van der Waals surface area contributed by atoms with Crippen LogP contribution in [0.1, 0.15) is 32.6 Å². The Balaban J connectivity index is 1.65. The average Bonchev–Trinajstić information content (AvgIpc) is 3.25. The molecule has 4 aliphatic heterocycles. The van der Waals surface area contributed by atoms with E-state index in [1.54, 1.807) is 29.2 Å². The van der Waals surface area contributed by atoms with Crippen molar-refractivity contribution >= 4 is 35.1 Å². The van der Waals surface area contributed by atoms with Gasteiger partial charge in [-0.05, 0) is 49.9 Å². The molecule has 2 saturated heterocycles. The Morgan fingerprint density at radius 2 is 1.86 bits per heavy atom. The third kappa shape index (κ3) is 3.78. The van der Waals surface area contributed by atoms with Gasteiger partial charge in [0.05, 0.1) is 12.5 Å². The molecule has 36 heavy (non-hydrogen) atoms. The molecule has 1 N–H and O–H groups in total. The van der Waals surface area contributed by atoms with Gasteiger partial charge in [-0.25, -0.2) is 0 Å². The Morgan fingerprint density at radius 1 is 1.08 bits per heavy atom. The van der Waals surface area contributed by atoms with Crippen LogP contribution in [0, 0.1) is 11.8 Å². The molecule has 4 heterocycles. The molecule has 2 fully saturated rings. The smallest absolute Gasteiger partial charge is 0.313 e. The standard InChI is InChI=1S/C27H31ClN2O6/c1-2-26-12-4-3-5-17-35-25(34)21(26)20-23(32)30(15-7-16-31)22-24(33)29(14-6-13-27(20,22)36-26)19-10-8-18(28)9-11-19/h4,6,8-13,20-22,31H,2-3,5,7,14-17H2,1H3/b12-4-/t20-,21-,22?,26+,27-/m0/s1. The lowest BCUT2D eigenvalue weighted by Gasteiger charge is -2.38. The molecule has 192 valence electrons. The van der Waals surface area contributed by atoms with Crippen molar-refractivity contribution < 1.29 is 29.0 Å². The number of carbonyl (C=O) groups excluding carboxylic acids is 3. The fourth-order valence-electron chi connectivity index (χ4n) is 6.21. The molecule has 0 aromatic heterocycles. The summed E-state index contributed by atoms with van der Waals surface area (Å²) in [6.07, 6.45) is 9.70. The van der Waals surface area contributed by atoms with E-state index in [1.807, 2.05) is 31.2 Å². The van der Waals surface area contributed by atoms with Gasteiger partial charge in [-0.15, -0.1) is 0 Å². The lowest BCUT2D eigenvalue weighted by atomic mass is 9.73. The van der Waals surface area contributed by atoms with Crippen molar-refractivity contribution in [2.24, 2.45) is 11.8 Å². The van der Waals surface area contributed by atoms with Crippen molar-refractivity contribution in [3.05, 3.63) is 53.6 Å². The number of cyclic esters (lactones) is 1. The zero-order valence-electron chi connectivity index (χ0n) is 20.3. The zero-order valence-corrected chi connectivity index (χ0v) is 21.0. The van der Waals surface area contributed by atoms with Crippen molar-refractivity contribution in [3.63, 3.8) is 0 Å². The van der Waals surface area contributed by atoms with Crippen molar-refractivity contribution in [1.29, 1.82) is 0 Å². The number of hydrogen-bond acceptors (Lipinski definition) is 6. The number of carbonyl (C=O) groups is 3. The number of anilines is 1. The van der Waals surface area contributed by atoms with E-state index in [0.717, 1.165) is 6.42 Å². The number of rotatable bonds is 5. The minimum Gasteiger partial charge on any atom is -0.465 e. The summed E-state index contributed by atoms with van der Waals surface area (Å²) in [6.45, 7) is 2.51. The van der Waals surface area contributed by atoms with Gasteiger partial charge < -0.3 is 24.4 Å². The Bertz CT molecular complexity index is 1100. The zero-order chi connectivity index (χ0) is 25.5. The summed E-state index contributed by atoms with van der Waals surface area (Å²) < 4.78 is 12.5. The molecule has 2 amide bonds. The molecule has 1 unspecified atom stereocenters. The number of likely N-dealkylation sites (tertiary alicyclic amines) is 1. The summed E-state index contributed by atoms with van der Waals surface area (Å²) in [6, 6.07) is 5.96. The molecular formula is C27H31ClN2O6. The molecule has 5 atom stereocenters. The highest BCUT2D eigenvalue weighted by molar-refractivity contribution is 6.30. The molecule has 0 saturated carbocycles. The fourth-order valence-corrected chi connectivity index (χ4v) is 6.33. The molecule has 5 rings (SSSR count). The Hall–Kier alpha value is -2.68. The number of aliphatic hydroxyl groups is 1. The number of benzene rings is 1. The van der Waals surface area contributed by atoms with E-state index in [4.69, 9.17) is 21.1 Å². The van der Waals surface area contributed by atoms with Gasteiger partial charge in [0.1, 0.15) is 23.2 Å². The number of aliphatic hydroxyl groups excluding tert-OH is 1. The number of halogens is 1. The summed E-state index contributed by atoms with van der Waals surface area (Å²) in [5.74, 6) is -2.89. The number of allylic oxidation sites excluding steroid dienone is 1. The number of fused-ring (bicyclic) bond motifs is 2. The first-order valence-corrected chi connectivity index (χ1v) is 13.0. The van der Waals surface area contributed by atoms with Gasteiger partial charge in [-0.2, -0.15) is 0 Å². The van der Waals surface area contributed by atoms with Crippen molar-refractivity contribution in [2.75, 3.05) is 31.2 Å². The molecule has 0 aliphatic carbocycles. The molecule has 0 radical (unpaired) electrons. The second-order valence-corrected chi connectivity index (χ2v) is 10.2. The molecule has 9 heteroatoms. The van der Waals surface area contributed by atoms with Crippen LogP contribution in [0.15, 0.2) is 48.6 Å². The van der Waals surface area contributed by atoms with E-state index in [1.165, 1.54) is 4.90 Å². The number of nitrogens with zero attached hydrogens (tertiary/aromatic N) is 2. The topological polar surface area (TPSA) is 96.4 Å². The van der Waals surface area contributed by atoms with E-state index in [0.29, 0.717) is 30.0 Å². The average molecular weight is 515 g/mol. The number of esters is 1. The Morgan fingerprint density at radius 3 is 2.58 bits per heavy atom. The monoisotopic (exact) mass is 514 g/mol. The number of hydrogen-bond donors (Lipinski definition) is 1. The van der Waals surface area contributed by atoms with Crippen LogP contribution in [0.5, 0.6) is 0 Å². The van der Waals surface area contributed by atoms with Crippen LogP contribution in [0.25, 0.3) is 0 Å². The predicted molar refractivity (Wildman–Crippen MR) is 133 cm³/mol. The lowest BCUT2D eigenvalue weighted by molar-refractivity contribution is -0.159. The highest BCUT2D eigenvalue weighted by atomic mass is 35.5. The SMILES string of the molecule is CC[C@@]12/C=C\CCCOC(=O)[C@@H]1[C@H]1C(=O)N(CCCO)C3C(=O)N(c4ccc(Cl)cc4)CC=C[C@@]31O2. The van der Waals surface area contributed by atoms with E-state index in [2.05, 4.69) is 0 Å². The van der Waals surface area contributed by atoms with Crippen LogP contribution in [0.4, 0.5) is 5.69 Å². The lowest BCUT2D eigenvalue weighted by Crippen LogP contribution is -2.56. The molecule has 8 nitrogen and oxygen atoms in total. The number of amides is 2. The number of ether oxygens (including phenoxy) is 2. The van der Waals surface area contributed by atoms with Crippen molar-refractivity contribution in [3.8, 4) is 0 Å². The van der Waals surface area contributed by atoms with E-state index >= 15 is 0 Å². The van der Waals surface area contributed by atoms with Crippen LogP contribution in [0.2, 0.25) is 5.02 Å². The van der Waals surface area contributed by atoms with Gasteiger partial charge in [0.25, 0.3) is 5.91 Å². The second-order valence-electron chi connectivity index (χ2n) is 9.77. The van der Waals surface area contributed by atoms with E-state index in [9.17, 15) is 19.5 Å². The minimum absolute atomic E-state index is 0.132. The summed E-state index contributed by atoms with van der Waals surface area (Å²) in [5, 5.41) is 10.1. The van der Waals surface area contributed by atoms with Crippen molar-refractivity contribution in [1.82, 2.24) is 4.90 Å². The van der Waals surface area contributed by atoms with Crippen LogP contribution >= 0.6 is 11.6 Å². The summed E-state index contributed by atoms with van der Waals surface area (Å²) in [4.78, 5) is 44.8. The van der Waals surface area contributed by atoms with Gasteiger partial charge in [0.15, 0.2) is 0 Å². The van der Waals surface area contributed by atoms with Crippen LogP contribution in [-0.2, 0) is 23.9 Å². The Labute approximate surface area is 215 Å². The first-order chi connectivity index (χ1) is 17.4. The molecule has 1 aromatic rings. The third-order valence-electron chi connectivity index (χ3n) is 7.83. The molecule has 4 aliphatic rings. The summed E-state index contributed by atoms with van der Waals surface area (Å²) in [7, 11) is 0. The van der Waals surface area contributed by atoms with Gasteiger partial charge in [-0.3, -0.25) is 14.4 Å². The molecule has 1 aromatic carbocycles. The highest BCUT2D eigenvalue weighted by Gasteiger charge is 2.75. The van der Waals surface area contributed by atoms with E-state index < -0.39 is 35.0 Å². The van der Waals surface area contributed by atoms with Crippen LogP contribution in [-0.4, -0.2) is 71.3 Å². The second kappa shape index (κ2) is 9.65. The van der Waals surface area contributed by atoms with E-state index in [-0.39, 0.29) is 38.1 Å². The van der Waals surface area contributed by atoms with Crippen molar-refractivity contribution in [2.45, 2.75) is 49.9 Å². The maximum Gasteiger partial charge on any atom is 0.313 e. The fraction of sp³-hybridized carbons (Fsp3) is 0.519. The van der Waals surface area contributed by atoms with Gasteiger partial charge in [-0.1, -0.05) is 42.8 Å². The van der Waals surface area contributed by atoms with Gasteiger partial charge >= 0.3 is 5.97 Å². The summed E-state index contributed by atoms with van der Waals surface area (Å²) >= 11 is 6.07. The first-order valence-electron chi connectivity index (χ1n) is 12.6. The molecule has 0 bridgehead atoms. The maximum atomic E-state index is 14.2. The van der Waals surface area contributed by atoms with Crippen LogP contribution in [0.3, 0.4) is 0 Å². The maximum absolute atomic E-state index is 14.2.